The average Bonchev–Trinajstić information content (AvgIpc) is 3.31. The van der Waals surface area contributed by atoms with Gasteiger partial charge in [0.1, 0.15) is 29.1 Å². The van der Waals surface area contributed by atoms with Crippen molar-refractivity contribution in [1.82, 2.24) is 14.9 Å². The lowest BCUT2D eigenvalue weighted by atomic mass is 10.2. The number of ether oxygens (including phenoxy) is 2. The number of carbonyl (C=O) groups is 1. The van der Waals surface area contributed by atoms with Crippen molar-refractivity contribution in [2.75, 3.05) is 30.8 Å². The number of carbonyl (C=O) groups excluding carboxylic acids is 1. The lowest BCUT2D eigenvalue weighted by molar-refractivity contribution is -0.125. The zero-order chi connectivity index (χ0) is 24.2. The van der Waals surface area contributed by atoms with Gasteiger partial charge in [0.25, 0.3) is 0 Å². The second kappa shape index (κ2) is 10.5. The second-order valence-electron chi connectivity index (χ2n) is 7.46. The van der Waals surface area contributed by atoms with Crippen molar-refractivity contribution in [2.24, 2.45) is 0 Å². The Kier molecular flexibility index (Phi) is 7.47. The summed E-state index contributed by atoms with van der Waals surface area (Å²) in [6.45, 7) is 1.01. The molecule has 1 amide bonds. The molecule has 1 aromatic heterocycles. The number of allylic oxidation sites excluding steroid dienone is 1. The standard InChI is InChI=1S/C23H20BrClF2N4O3/c1-33-18-10-17-14(9-19(18)34-13-6-8-31(11-13)20(32)3-2-7-24)23(29-12-28-17)30-16-5-4-15(26)21(25)22(16)27/h2-5,9-10,12-13H,6-8,11H2,1H3,(H,28,29,30)/t13-/m0/s1. The summed E-state index contributed by atoms with van der Waals surface area (Å²) in [7, 11) is 1.51. The molecule has 0 radical (unpaired) electrons. The minimum Gasteiger partial charge on any atom is -0.493 e. The molecule has 4 rings (SSSR count). The van der Waals surface area contributed by atoms with E-state index >= 15 is 0 Å². The highest BCUT2D eigenvalue weighted by Gasteiger charge is 2.27. The Morgan fingerprint density at radius 3 is 2.91 bits per heavy atom. The summed E-state index contributed by atoms with van der Waals surface area (Å²) in [5.41, 5.74) is 0.490. The maximum atomic E-state index is 14.4. The van der Waals surface area contributed by atoms with Crippen LogP contribution >= 0.6 is 27.5 Å². The van der Waals surface area contributed by atoms with Gasteiger partial charge < -0.3 is 19.7 Å². The molecule has 178 valence electrons. The molecule has 34 heavy (non-hydrogen) atoms. The number of nitrogens with zero attached hydrogens (tertiary/aromatic N) is 3. The number of fused-ring (bicyclic) bond motifs is 1. The van der Waals surface area contributed by atoms with E-state index in [4.69, 9.17) is 21.1 Å². The Morgan fingerprint density at radius 1 is 1.32 bits per heavy atom. The molecule has 1 saturated heterocycles. The van der Waals surface area contributed by atoms with Crippen molar-refractivity contribution in [3.8, 4) is 11.5 Å². The molecule has 2 aromatic carbocycles. The van der Waals surface area contributed by atoms with Gasteiger partial charge in [0, 0.05) is 29.7 Å². The van der Waals surface area contributed by atoms with Gasteiger partial charge in [-0.25, -0.2) is 18.7 Å². The lowest BCUT2D eigenvalue weighted by Gasteiger charge is -2.18. The van der Waals surface area contributed by atoms with Crippen LogP contribution in [0.3, 0.4) is 0 Å². The van der Waals surface area contributed by atoms with Gasteiger partial charge in [0.2, 0.25) is 5.91 Å². The van der Waals surface area contributed by atoms with Crippen LogP contribution < -0.4 is 14.8 Å². The fourth-order valence-corrected chi connectivity index (χ4v) is 3.97. The van der Waals surface area contributed by atoms with Gasteiger partial charge in [-0.05, 0) is 24.3 Å². The van der Waals surface area contributed by atoms with Gasteiger partial charge in [-0.15, -0.1) is 0 Å². The highest BCUT2D eigenvalue weighted by molar-refractivity contribution is 9.09. The van der Waals surface area contributed by atoms with Gasteiger partial charge in [-0.3, -0.25) is 4.79 Å². The molecule has 1 aliphatic heterocycles. The highest BCUT2D eigenvalue weighted by atomic mass is 79.9. The van der Waals surface area contributed by atoms with Crippen LogP contribution in [0.15, 0.2) is 42.7 Å². The summed E-state index contributed by atoms with van der Waals surface area (Å²) in [6, 6.07) is 5.67. The number of alkyl halides is 1. The molecule has 2 heterocycles. The van der Waals surface area contributed by atoms with Crippen LogP contribution in [0.2, 0.25) is 5.02 Å². The largest absolute Gasteiger partial charge is 0.493 e. The molecule has 0 bridgehead atoms. The van der Waals surface area contributed by atoms with E-state index in [9.17, 15) is 13.6 Å². The van der Waals surface area contributed by atoms with Crippen LogP contribution in [0.4, 0.5) is 20.3 Å². The van der Waals surface area contributed by atoms with E-state index in [0.29, 0.717) is 47.2 Å². The van der Waals surface area contributed by atoms with Crippen molar-refractivity contribution in [1.29, 1.82) is 0 Å². The third-order valence-electron chi connectivity index (χ3n) is 5.31. The van der Waals surface area contributed by atoms with Crippen molar-refractivity contribution < 1.29 is 23.0 Å². The Bertz CT molecular complexity index is 1260. The predicted octanol–water partition coefficient (Wildman–Crippen LogP) is 5.24. The number of hydrogen-bond acceptors (Lipinski definition) is 6. The van der Waals surface area contributed by atoms with E-state index in [0.717, 1.165) is 6.07 Å². The SMILES string of the molecule is COc1cc2ncnc(Nc3ccc(F)c(Cl)c3F)c2cc1O[C@H]1CCN(C(=O)C=CCBr)C1. The van der Waals surface area contributed by atoms with Crippen molar-refractivity contribution in [3.63, 3.8) is 0 Å². The van der Waals surface area contributed by atoms with E-state index in [1.165, 1.54) is 25.6 Å². The first kappa shape index (κ1) is 24.2. The summed E-state index contributed by atoms with van der Waals surface area (Å²) in [6.07, 6.45) is 5.01. The van der Waals surface area contributed by atoms with Crippen LogP contribution in [0.5, 0.6) is 11.5 Å². The van der Waals surface area contributed by atoms with E-state index in [1.807, 2.05) is 0 Å². The molecule has 1 atom stereocenters. The Morgan fingerprint density at radius 2 is 2.15 bits per heavy atom. The quantitative estimate of drug-likeness (QED) is 0.245. The smallest absolute Gasteiger partial charge is 0.246 e. The monoisotopic (exact) mass is 552 g/mol. The van der Waals surface area contributed by atoms with Crippen LogP contribution in [0, 0.1) is 11.6 Å². The number of halogens is 4. The number of likely N-dealkylation sites (tertiary alicyclic amines) is 1. The van der Waals surface area contributed by atoms with Gasteiger partial charge in [0.05, 0.1) is 24.9 Å². The first-order chi connectivity index (χ1) is 16.4. The van der Waals surface area contributed by atoms with E-state index in [-0.39, 0.29) is 23.5 Å². The zero-order valence-corrected chi connectivity index (χ0v) is 20.4. The average molecular weight is 554 g/mol. The predicted molar refractivity (Wildman–Crippen MR) is 129 cm³/mol. The Balaban J connectivity index is 1.62. The molecule has 1 aliphatic rings. The number of nitrogens with one attached hydrogen (secondary N) is 1. The van der Waals surface area contributed by atoms with Crippen LogP contribution in [-0.4, -0.2) is 52.4 Å². The summed E-state index contributed by atoms with van der Waals surface area (Å²) < 4.78 is 39.6. The highest BCUT2D eigenvalue weighted by Crippen LogP contribution is 2.37. The van der Waals surface area contributed by atoms with Gasteiger partial charge in [-0.1, -0.05) is 33.6 Å². The summed E-state index contributed by atoms with van der Waals surface area (Å²) in [5.74, 6) is -0.691. The first-order valence-electron chi connectivity index (χ1n) is 10.3. The Labute approximate surface area is 207 Å². The minimum absolute atomic E-state index is 0.0360. The molecule has 0 unspecified atom stereocenters. The van der Waals surface area contributed by atoms with E-state index in [1.54, 1.807) is 23.1 Å². The summed E-state index contributed by atoms with van der Waals surface area (Å²) in [5, 5.41) is 3.37. The fourth-order valence-electron chi connectivity index (χ4n) is 3.62. The number of amides is 1. The normalized spacial score (nSPS) is 15.8. The topological polar surface area (TPSA) is 76.6 Å². The zero-order valence-electron chi connectivity index (χ0n) is 18.0. The van der Waals surface area contributed by atoms with Crippen molar-refractivity contribution in [3.05, 3.63) is 59.4 Å². The number of rotatable bonds is 7. The van der Waals surface area contributed by atoms with Gasteiger partial charge in [0.15, 0.2) is 17.3 Å². The first-order valence-corrected chi connectivity index (χ1v) is 11.8. The summed E-state index contributed by atoms with van der Waals surface area (Å²) in [4.78, 5) is 22.4. The maximum Gasteiger partial charge on any atom is 0.246 e. The molecular formula is C23H20BrClF2N4O3. The van der Waals surface area contributed by atoms with Crippen LogP contribution in [0.25, 0.3) is 10.9 Å². The van der Waals surface area contributed by atoms with E-state index < -0.39 is 16.7 Å². The number of anilines is 2. The minimum atomic E-state index is -0.928. The fraction of sp³-hybridized carbons (Fsp3) is 0.261. The molecule has 1 fully saturated rings. The molecule has 3 aromatic rings. The maximum absolute atomic E-state index is 14.4. The summed E-state index contributed by atoms with van der Waals surface area (Å²) >= 11 is 8.96. The van der Waals surface area contributed by atoms with Crippen molar-refractivity contribution >= 4 is 55.8 Å². The van der Waals surface area contributed by atoms with Gasteiger partial charge in [-0.2, -0.15) is 0 Å². The third kappa shape index (κ3) is 5.07. The molecule has 7 nitrogen and oxygen atoms in total. The van der Waals surface area contributed by atoms with Crippen LogP contribution in [0.1, 0.15) is 6.42 Å². The Hall–Kier alpha value is -2.98. The molecule has 0 saturated carbocycles. The molecule has 11 heteroatoms. The number of aromatic nitrogens is 2. The van der Waals surface area contributed by atoms with E-state index in [2.05, 4.69) is 31.2 Å². The van der Waals surface area contributed by atoms with Crippen LogP contribution in [-0.2, 0) is 4.79 Å². The number of hydrogen-bond donors (Lipinski definition) is 1. The molecule has 0 aliphatic carbocycles. The number of methoxy groups -OCH3 is 1. The molecule has 1 N–H and O–H groups in total. The molecular weight excluding hydrogens is 534 g/mol. The number of benzene rings is 2. The van der Waals surface area contributed by atoms with Gasteiger partial charge >= 0.3 is 0 Å². The molecule has 0 spiro atoms. The second-order valence-corrected chi connectivity index (χ2v) is 8.49. The van der Waals surface area contributed by atoms with Crippen molar-refractivity contribution in [2.45, 2.75) is 12.5 Å². The third-order valence-corrected chi connectivity index (χ3v) is 6.03. The lowest BCUT2D eigenvalue weighted by Crippen LogP contribution is -2.29.